The molecule has 0 saturated carbocycles. The Morgan fingerprint density at radius 1 is 0.615 bits per heavy atom. The maximum atomic E-state index is 5.25. The van der Waals surface area contributed by atoms with Gasteiger partial charge in [0.25, 0.3) is 0 Å². The fraction of sp³-hybridized carbons (Fsp3) is 0.0408. The number of hydrogen-bond donors (Lipinski definition) is 0. The van der Waals surface area contributed by atoms with Crippen LogP contribution in [-0.2, 0) is 0 Å². The molecule has 0 bridgehead atoms. The van der Waals surface area contributed by atoms with Gasteiger partial charge in [-0.3, -0.25) is 4.98 Å². The fourth-order valence-corrected chi connectivity index (χ4v) is 7.64. The maximum absolute atomic E-state index is 5.25. The molecule has 2 atom stereocenters. The molecular formula is C49H35N3. The lowest BCUT2D eigenvalue weighted by molar-refractivity contribution is 0.720. The number of fused-ring (bicyclic) bond motifs is 7. The second-order valence-corrected chi connectivity index (χ2v) is 13.3. The summed E-state index contributed by atoms with van der Waals surface area (Å²) < 4.78 is 0. The van der Waals surface area contributed by atoms with Gasteiger partial charge in [0.05, 0.1) is 11.4 Å². The van der Waals surface area contributed by atoms with Crippen molar-refractivity contribution in [1.29, 1.82) is 0 Å². The van der Waals surface area contributed by atoms with Gasteiger partial charge in [-0.2, -0.15) is 0 Å². The van der Waals surface area contributed by atoms with Crippen LogP contribution < -0.4 is 0 Å². The Morgan fingerprint density at radius 3 is 2.19 bits per heavy atom. The van der Waals surface area contributed by atoms with Crippen LogP contribution in [0.3, 0.4) is 0 Å². The molecule has 9 rings (SSSR count). The minimum absolute atomic E-state index is 0.248. The molecule has 0 saturated heterocycles. The summed E-state index contributed by atoms with van der Waals surface area (Å²) in [5.41, 5.74) is 13.3. The number of benzene rings is 5. The molecule has 3 heteroatoms. The van der Waals surface area contributed by atoms with E-state index < -0.39 is 0 Å². The minimum atomic E-state index is 0.248. The summed E-state index contributed by atoms with van der Waals surface area (Å²) in [6.07, 6.45) is 20.6. The highest BCUT2D eigenvalue weighted by molar-refractivity contribution is 5.97. The van der Waals surface area contributed by atoms with Gasteiger partial charge in [-0.25, -0.2) is 9.97 Å². The molecule has 3 nitrogen and oxygen atoms in total. The van der Waals surface area contributed by atoms with Crippen LogP contribution in [-0.4, -0.2) is 15.0 Å². The first kappa shape index (κ1) is 31.3. The Bertz CT molecular complexity index is 2580. The number of rotatable bonds is 7. The van der Waals surface area contributed by atoms with E-state index in [1.54, 1.807) is 6.20 Å². The summed E-state index contributed by atoms with van der Waals surface area (Å²) in [4.78, 5) is 14.8. The molecule has 246 valence electrons. The quantitative estimate of drug-likeness (QED) is 0.159. The zero-order chi connectivity index (χ0) is 34.9. The first-order chi connectivity index (χ1) is 25.7. The SMILES string of the molecule is C=C/C=C(\C=C\c1cccnc1)c1cc(-c2ccc(-c3cccc4ccccc34)cc2)nc(-c2ccc3c(c2)C2C=CC=CC2c2ccccc2-3)n1. The highest BCUT2D eigenvalue weighted by atomic mass is 14.9. The van der Waals surface area contributed by atoms with E-state index in [4.69, 9.17) is 9.97 Å². The Hall–Kier alpha value is -6.71. The highest BCUT2D eigenvalue weighted by Gasteiger charge is 2.32. The van der Waals surface area contributed by atoms with Crippen molar-refractivity contribution in [1.82, 2.24) is 15.0 Å². The van der Waals surface area contributed by atoms with E-state index in [1.165, 1.54) is 44.2 Å². The van der Waals surface area contributed by atoms with E-state index in [9.17, 15) is 0 Å². The molecule has 0 spiro atoms. The van der Waals surface area contributed by atoms with Crippen LogP contribution in [0.25, 0.3) is 67.3 Å². The van der Waals surface area contributed by atoms with E-state index in [0.717, 1.165) is 33.7 Å². The van der Waals surface area contributed by atoms with Crippen molar-refractivity contribution in [3.05, 3.63) is 211 Å². The predicted molar refractivity (Wildman–Crippen MR) is 216 cm³/mol. The van der Waals surface area contributed by atoms with Crippen molar-refractivity contribution in [3.8, 4) is 44.9 Å². The summed E-state index contributed by atoms with van der Waals surface area (Å²) >= 11 is 0. The summed E-state index contributed by atoms with van der Waals surface area (Å²) in [5.74, 6) is 1.23. The summed E-state index contributed by atoms with van der Waals surface area (Å²) in [6, 6.07) is 45.3. The largest absolute Gasteiger partial charge is 0.264 e. The van der Waals surface area contributed by atoms with Gasteiger partial charge in [0.15, 0.2) is 5.82 Å². The lowest BCUT2D eigenvalue weighted by Crippen LogP contribution is -2.16. The summed E-state index contributed by atoms with van der Waals surface area (Å²) in [7, 11) is 0. The van der Waals surface area contributed by atoms with Crippen LogP contribution in [0.15, 0.2) is 189 Å². The third-order valence-corrected chi connectivity index (χ3v) is 10.2. The molecule has 7 aromatic rings. The average molecular weight is 666 g/mol. The first-order valence-electron chi connectivity index (χ1n) is 17.7. The van der Waals surface area contributed by atoms with Gasteiger partial charge in [0.2, 0.25) is 0 Å². The third-order valence-electron chi connectivity index (χ3n) is 10.2. The van der Waals surface area contributed by atoms with Gasteiger partial charge in [-0.15, -0.1) is 0 Å². The van der Waals surface area contributed by atoms with Crippen molar-refractivity contribution in [2.24, 2.45) is 0 Å². The highest BCUT2D eigenvalue weighted by Crippen LogP contribution is 2.50. The zero-order valence-corrected chi connectivity index (χ0v) is 28.6. The van der Waals surface area contributed by atoms with Crippen molar-refractivity contribution < 1.29 is 0 Å². The van der Waals surface area contributed by atoms with Crippen LogP contribution in [0, 0.1) is 0 Å². The molecule has 5 aromatic carbocycles. The first-order valence-corrected chi connectivity index (χ1v) is 17.7. The van der Waals surface area contributed by atoms with Gasteiger partial charge >= 0.3 is 0 Å². The van der Waals surface area contributed by atoms with E-state index in [0.29, 0.717) is 11.7 Å². The number of pyridine rings is 1. The van der Waals surface area contributed by atoms with E-state index >= 15 is 0 Å². The normalized spacial score (nSPS) is 16.0. The van der Waals surface area contributed by atoms with Gasteiger partial charge in [0.1, 0.15) is 0 Å². The van der Waals surface area contributed by atoms with Crippen LogP contribution in [0.5, 0.6) is 0 Å². The number of hydrogen-bond acceptors (Lipinski definition) is 3. The zero-order valence-electron chi connectivity index (χ0n) is 28.6. The Balaban J connectivity index is 1.17. The standard InChI is InChI=1S/C49H35N3/c1-2-11-36(22-21-33-12-10-29-50-32-33)47-31-48(37-25-23-35(24-26-37)40-20-9-14-34-13-3-4-15-39(34)40)52-49(51-47)38-27-28-45-43-18-6-5-16-41(43)42-17-7-8-19-44(42)46(45)30-38/h2-32,42,44H,1H2/b22-21+,36-11+. The summed E-state index contributed by atoms with van der Waals surface area (Å²) in [5, 5.41) is 2.47. The van der Waals surface area contributed by atoms with E-state index in [1.807, 2.05) is 30.5 Å². The predicted octanol–water partition coefficient (Wildman–Crippen LogP) is 12.3. The molecule has 0 radical (unpaired) electrons. The molecule has 2 aromatic heterocycles. The molecule has 52 heavy (non-hydrogen) atoms. The fourth-order valence-electron chi connectivity index (χ4n) is 7.64. The number of nitrogens with zero attached hydrogens (tertiary/aromatic N) is 3. The molecule has 0 amide bonds. The molecule has 2 aliphatic rings. The maximum Gasteiger partial charge on any atom is 0.160 e. The monoisotopic (exact) mass is 665 g/mol. The lowest BCUT2D eigenvalue weighted by Gasteiger charge is -2.34. The van der Waals surface area contributed by atoms with E-state index in [2.05, 4.69) is 163 Å². The Morgan fingerprint density at radius 2 is 1.35 bits per heavy atom. The minimum Gasteiger partial charge on any atom is -0.264 e. The van der Waals surface area contributed by atoms with Crippen LogP contribution in [0.1, 0.15) is 34.2 Å². The molecule has 0 N–H and O–H groups in total. The van der Waals surface area contributed by atoms with Crippen molar-refractivity contribution in [2.45, 2.75) is 11.8 Å². The Labute approximate surface area is 304 Å². The molecular weight excluding hydrogens is 631 g/mol. The lowest BCUT2D eigenvalue weighted by atomic mass is 9.70. The molecule has 0 fully saturated rings. The van der Waals surface area contributed by atoms with Gasteiger partial charge in [-0.1, -0.05) is 164 Å². The summed E-state index contributed by atoms with van der Waals surface area (Å²) in [6.45, 7) is 4.03. The molecule has 2 unspecified atom stereocenters. The smallest absolute Gasteiger partial charge is 0.160 e. The molecule has 2 aliphatic carbocycles. The number of allylic oxidation sites excluding steroid dienone is 8. The van der Waals surface area contributed by atoms with Crippen LogP contribution >= 0.6 is 0 Å². The third kappa shape index (κ3) is 5.82. The Kier molecular flexibility index (Phi) is 8.15. The van der Waals surface area contributed by atoms with Gasteiger partial charge in [-0.05, 0) is 67.9 Å². The van der Waals surface area contributed by atoms with Gasteiger partial charge < -0.3 is 0 Å². The topological polar surface area (TPSA) is 38.7 Å². The van der Waals surface area contributed by atoms with Crippen LogP contribution in [0.4, 0.5) is 0 Å². The molecule has 2 heterocycles. The van der Waals surface area contributed by atoms with Crippen molar-refractivity contribution in [2.75, 3.05) is 0 Å². The second-order valence-electron chi connectivity index (χ2n) is 13.3. The van der Waals surface area contributed by atoms with Crippen molar-refractivity contribution >= 4 is 22.4 Å². The van der Waals surface area contributed by atoms with Crippen LogP contribution in [0.2, 0.25) is 0 Å². The average Bonchev–Trinajstić information content (AvgIpc) is 3.22. The van der Waals surface area contributed by atoms with Crippen molar-refractivity contribution in [3.63, 3.8) is 0 Å². The molecule has 0 aliphatic heterocycles. The van der Waals surface area contributed by atoms with Gasteiger partial charge in [0, 0.05) is 40.9 Å². The van der Waals surface area contributed by atoms with E-state index in [-0.39, 0.29) is 5.92 Å². The second kappa shape index (κ2) is 13.5. The number of aromatic nitrogens is 3.